The van der Waals surface area contributed by atoms with Crippen molar-refractivity contribution >= 4 is 18.3 Å². The fraction of sp³-hybridized carbons (Fsp3) is 0.923. The molecule has 1 amide bonds. The number of carbonyl (C=O) groups excluding carboxylic acids is 1. The standard InChI is InChI=1S/C13H24N2O2.ClH/c1-12(2,3)10(14)11(16)15-6-4-13(8-15)5-7-17-9-13;/h10H,4-9,14H2,1-3H3;1H/t10-,13?;/m1./s1. The van der Waals surface area contributed by atoms with E-state index in [1.54, 1.807) is 0 Å². The number of amides is 1. The number of likely N-dealkylation sites (tertiary alicyclic amines) is 1. The summed E-state index contributed by atoms with van der Waals surface area (Å²) < 4.78 is 5.47. The van der Waals surface area contributed by atoms with Gasteiger partial charge in [-0.1, -0.05) is 20.8 Å². The van der Waals surface area contributed by atoms with E-state index in [0.717, 1.165) is 39.1 Å². The molecule has 2 N–H and O–H groups in total. The summed E-state index contributed by atoms with van der Waals surface area (Å²) in [5.41, 5.74) is 6.10. The van der Waals surface area contributed by atoms with Crippen LogP contribution in [-0.2, 0) is 9.53 Å². The molecular weight excluding hydrogens is 252 g/mol. The minimum Gasteiger partial charge on any atom is -0.381 e. The Morgan fingerprint density at radius 2 is 2.06 bits per heavy atom. The first-order valence-corrected chi connectivity index (χ1v) is 6.46. The van der Waals surface area contributed by atoms with Gasteiger partial charge < -0.3 is 15.4 Å². The smallest absolute Gasteiger partial charge is 0.240 e. The van der Waals surface area contributed by atoms with Gasteiger partial charge in [-0.3, -0.25) is 4.79 Å². The molecule has 4 nitrogen and oxygen atoms in total. The SMILES string of the molecule is CC(C)(C)[C@H](N)C(=O)N1CCC2(CCOC2)C1.Cl. The quantitative estimate of drug-likeness (QED) is 0.788. The molecule has 18 heavy (non-hydrogen) atoms. The van der Waals surface area contributed by atoms with Crippen LogP contribution in [0.2, 0.25) is 0 Å². The predicted octanol–water partition coefficient (Wildman–Crippen LogP) is 1.42. The maximum Gasteiger partial charge on any atom is 0.240 e. The number of carbonyl (C=O) groups is 1. The molecule has 0 bridgehead atoms. The van der Waals surface area contributed by atoms with E-state index in [1.807, 2.05) is 25.7 Å². The molecule has 2 heterocycles. The molecule has 0 saturated carbocycles. The van der Waals surface area contributed by atoms with Crippen molar-refractivity contribution in [2.45, 2.75) is 39.7 Å². The Hall–Kier alpha value is -0.320. The average molecular weight is 277 g/mol. The van der Waals surface area contributed by atoms with Crippen LogP contribution in [0.3, 0.4) is 0 Å². The van der Waals surface area contributed by atoms with Crippen LogP contribution in [0.15, 0.2) is 0 Å². The fourth-order valence-electron chi connectivity index (χ4n) is 2.66. The average Bonchev–Trinajstić information content (AvgIpc) is 2.86. The van der Waals surface area contributed by atoms with E-state index in [0.29, 0.717) is 0 Å². The van der Waals surface area contributed by atoms with E-state index in [2.05, 4.69) is 0 Å². The van der Waals surface area contributed by atoms with Gasteiger partial charge in [-0.05, 0) is 18.3 Å². The number of hydrogen-bond donors (Lipinski definition) is 1. The zero-order valence-corrected chi connectivity index (χ0v) is 12.4. The minimum absolute atomic E-state index is 0. The van der Waals surface area contributed by atoms with Crippen LogP contribution >= 0.6 is 12.4 Å². The lowest BCUT2D eigenvalue weighted by molar-refractivity contribution is -0.134. The van der Waals surface area contributed by atoms with Gasteiger partial charge in [0.05, 0.1) is 12.6 Å². The van der Waals surface area contributed by atoms with E-state index in [9.17, 15) is 4.79 Å². The first-order chi connectivity index (χ1) is 7.84. The number of halogens is 1. The van der Waals surface area contributed by atoms with Gasteiger partial charge in [-0.25, -0.2) is 0 Å². The molecule has 1 unspecified atom stereocenters. The van der Waals surface area contributed by atoms with Crippen molar-refractivity contribution in [1.82, 2.24) is 4.90 Å². The molecule has 0 aliphatic carbocycles. The van der Waals surface area contributed by atoms with Crippen LogP contribution in [0.5, 0.6) is 0 Å². The highest BCUT2D eigenvalue weighted by atomic mass is 35.5. The minimum atomic E-state index is -0.403. The highest BCUT2D eigenvalue weighted by Gasteiger charge is 2.44. The van der Waals surface area contributed by atoms with Crippen molar-refractivity contribution in [3.63, 3.8) is 0 Å². The Kier molecular flexibility index (Phi) is 4.68. The fourth-order valence-corrected chi connectivity index (χ4v) is 2.66. The Labute approximate surface area is 116 Å². The molecule has 2 aliphatic rings. The lowest BCUT2D eigenvalue weighted by Crippen LogP contribution is -2.50. The Bertz CT molecular complexity index is 309. The van der Waals surface area contributed by atoms with E-state index in [4.69, 9.17) is 10.5 Å². The van der Waals surface area contributed by atoms with Gasteiger partial charge in [0.25, 0.3) is 0 Å². The van der Waals surface area contributed by atoms with Gasteiger partial charge in [-0.2, -0.15) is 0 Å². The third kappa shape index (κ3) is 2.98. The molecule has 5 heteroatoms. The summed E-state index contributed by atoms with van der Waals surface area (Å²) in [4.78, 5) is 14.2. The highest BCUT2D eigenvalue weighted by Crippen LogP contribution is 2.38. The second-order valence-electron chi connectivity index (χ2n) is 6.66. The molecule has 2 atom stereocenters. The van der Waals surface area contributed by atoms with Crippen molar-refractivity contribution < 1.29 is 9.53 Å². The molecular formula is C13H25ClN2O2. The van der Waals surface area contributed by atoms with Crippen molar-refractivity contribution in [3.05, 3.63) is 0 Å². The van der Waals surface area contributed by atoms with Gasteiger partial charge in [0.1, 0.15) is 0 Å². The van der Waals surface area contributed by atoms with E-state index >= 15 is 0 Å². The van der Waals surface area contributed by atoms with Gasteiger partial charge in [-0.15, -0.1) is 12.4 Å². The van der Waals surface area contributed by atoms with E-state index in [1.165, 1.54) is 0 Å². The third-order valence-electron chi connectivity index (χ3n) is 4.13. The summed E-state index contributed by atoms with van der Waals surface area (Å²) in [5.74, 6) is 0.0984. The Morgan fingerprint density at radius 1 is 1.39 bits per heavy atom. The van der Waals surface area contributed by atoms with Crippen molar-refractivity contribution in [3.8, 4) is 0 Å². The molecule has 1 spiro atoms. The first-order valence-electron chi connectivity index (χ1n) is 6.46. The van der Waals surface area contributed by atoms with Crippen molar-refractivity contribution in [2.24, 2.45) is 16.6 Å². The van der Waals surface area contributed by atoms with Gasteiger partial charge in [0, 0.05) is 25.1 Å². The summed E-state index contributed by atoms with van der Waals surface area (Å²) in [7, 11) is 0. The number of hydrogen-bond acceptors (Lipinski definition) is 3. The highest BCUT2D eigenvalue weighted by molar-refractivity contribution is 5.85. The molecule has 0 aromatic rings. The Morgan fingerprint density at radius 3 is 2.56 bits per heavy atom. The monoisotopic (exact) mass is 276 g/mol. The summed E-state index contributed by atoms with van der Waals surface area (Å²) >= 11 is 0. The van der Waals surface area contributed by atoms with Gasteiger partial charge in [0.15, 0.2) is 0 Å². The topological polar surface area (TPSA) is 55.6 Å². The summed E-state index contributed by atoms with van der Waals surface area (Å²) in [5, 5.41) is 0. The second-order valence-corrected chi connectivity index (χ2v) is 6.66. The second kappa shape index (κ2) is 5.35. The molecule has 2 saturated heterocycles. The van der Waals surface area contributed by atoms with Crippen LogP contribution in [0.25, 0.3) is 0 Å². The van der Waals surface area contributed by atoms with Gasteiger partial charge in [0.2, 0.25) is 5.91 Å². The first kappa shape index (κ1) is 15.7. The normalized spacial score (nSPS) is 29.4. The number of ether oxygens (including phenoxy) is 1. The van der Waals surface area contributed by atoms with Crippen LogP contribution in [0.4, 0.5) is 0 Å². The van der Waals surface area contributed by atoms with Crippen molar-refractivity contribution in [1.29, 1.82) is 0 Å². The molecule has 0 aromatic carbocycles. The zero-order valence-electron chi connectivity index (χ0n) is 11.6. The molecule has 2 fully saturated rings. The van der Waals surface area contributed by atoms with Gasteiger partial charge >= 0.3 is 0 Å². The number of rotatable bonds is 1. The van der Waals surface area contributed by atoms with Crippen LogP contribution in [0.1, 0.15) is 33.6 Å². The summed E-state index contributed by atoms with van der Waals surface area (Å²) in [6, 6.07) is -0.403. The maximum absolute atomic E-state index is 12.3. The lowest BCUT2D eigenvalue weighted by atomic mass is 9.85. The zero-order chi connectivity index (χ0) is 12.7. The number of nitrogens with two attached hydrogens (primary N) is 1. The van der Waals surface area contributed by atoms with E-state index in [-0.39, 0.29) is 29.1 Å². The lowest BCUT2D eigenvalue weighted by Gasteiger charge is -2.30. The molecule has 106 valence electrons. The molecule has 2 rings (SSSR count). The van der Waals surface area contributed by atoms with Crippen molar-refractivity contribution in [2.75, 3.05) is 26.3 Å². The number of nitrogens with zero attached hydrogens (tertiary/aromatic N) is 1. The third-order valence-corrected chi connectivity index (χ3v) is 4.13. The maximum atomic E-state index is 12.3. The Balaban J connectivity index is 0.00000162. The largest absolute Gasteiger partial charge is 0.381 e. The van der Waals surface area contributed by atoms with Crippen LogP contribution in [-0.4, -0.2) is 43.2 Å². The summed E-state index contributed by atoms with van der Waals surface area (Å²) in [6.45, 7) is 9.36. The van der Waals surface area contributed by atoms with E-state index < -0.39 is 6.04 Å². The summed E-state index contributed by atoms with van der Waals surface area (Å²) in [6.07, 6.45) is 2.15. The predicted molar refractivity (Wildman–Crippen MR) is 73.7 cm³/mol. The van der Waals surface area contributed by atoms with Crippen LogP contribution < -0.4 is 5.73 Å². The molecule has 0 radical (unpaired) electrons. The molecule has 0 aromatic heterocycles. The molecule has 2 aliphatic heterocycles. The van der Waals surface area contributed by atoms with Crippen LogP contribution in [0, 0.1) is 10.8 Å².